The molecule has 0 atom stereocenters. The smallest absolute Gasteiger partial charge is 0.205 e. The van der Waals surface area contributed by atoms with Gasteiger partial charge in [-0.05, 0) is 5.56 Å². The highest BCUT2D eigenvalue weighted by Crippen LogP contribution is 1.95. The van der Waals surface area contributed by atoms with Crippen LogP contribution in [0.2, 0.25) is 0 Å². The molecule has 0 aliphatic rings. The Balaban J connectivity index is 2.85. The van der Waals surface area contributed by atoms with Crippen molar-refractivity contribution in [1.82, 2.24) is 0 Å². The van der Waals surface area contributed by atoms with Gasteiger partial charge in [-0.1, -0.05) is 30.3 Å². The zero-order valence-electron chi connectivity index (χ0n) is 6.64. The summed E-state index contributed by atoms with van der Waals surface area (Å²) in [7, 11) is -3.25. The lowest BCUT2D eigenvalue weighted by Gasteiger charge is -1.89. The van der Waals surface area contributed by atoms with Crippen molar-refractivity contribution in [3.05, 3.63) is 35.9 Å². The van der Waals surface area contributed by atoms with E-state index < -0.39 is 10.0 Å². The Morgan fingerprint density at radius 3 is 2.33 bits per heavy atom. The molecular formula is C8H9NO2S. The Kier molecular flexibility index (Phi) is 2.60. The second-order valence-electron chi connectivity index (χ2n) is 2.38. The highest BCUT2D eigenvalue weighted by atomic mass is 32.2. The third-order valence-electron chi connectivity index (χ3n) is 1.19. The van der Waals surface area contributed by atoms with Gasteiger partial charge >= 0.3 is 0 Å². The van der Waals surface area contributed by atoms with Crippen LogP contribution in [0.4, 0.5) is 0 Å². The standard InChI is InChI=1S/C8H9NO2S/c1-12(10,11)9-7-8-5-3-2-4-6-8/h2-7H,1H3. The predicted octanol–water partition coefficient (Wildman–Crippen LogP) is 1.07. The second-order valence-corrected chi connectivity index (χ2v) is 4.06. The maximum absolute atomic E-state index is 10.6. The maximum atomic E-state index is 10.6. The average molecular weight is 183 g/mol. The van der Waals surface area contributed by atoms with E-state index in [0.717, 1.165) is 11.8 Å². The molecule has 1 rings (SSSR count). The van der Waals surface area contributed by atoms with Gasteiger partial charge in [0.05, 0.1) is 6.26 Å². The summed E-state index contributed by atoms with van der Waals surface area (Å²) in [5, 5.41) is 0. The van der Waals surface area contributed by atoms with Gasteiger partial charge in [-0.2, -0.15) is 4.40 Å². The average Bonchev–Trinajstić information content (AvgIpc) is 2.02. The molecule has 1 aromatic rings. The number of rotatable bonds is 2. The zero-order valence-corrected chi connectivity index (χ0v) is 7.45. The van der Waals surface area contributed by atoms with Crippen LogP contribution >= 0.6 is 0 Å². The summed E-state index contributed by atoms with van der Waals surface area (Å²) in [4.78, 5) is 0. The summed E-state index contributed by atoms with van der Waals surface area (Å²) in [5.41, 5.74) is 0.780. The highest BCUT2D eigenvalue weighted by molar-refractivity contribution is 7.89. The summed E-state index contributed by atoms with van der Waals surface area (Å²) in [6, 6.07) is 9.08. The molecular weight excluding hydrogens is 174 g/mol. The van der Waals surface area contributed by atoms with E-state index in [2.05, 4.69) is 4.40 Å². The molecule has 64 valence electrons. The third kappa shape index (κ3) is 3.30. The van der Waals surface area contributed by atoms with Gasteiger partial charge in [0, 0.05) is 6.21 Å². The Bertz CT molecular complexity index is 367. The maximum Gasteiger partial charge on any atom is 0.250 e. The lowest BCUT2D eigenvalue weighted by Crippen LogP contribution is -1.91. The largest absolute Gasteiger partial charge is 0.250 e. The van der Waals surface area contributed by atoms with Crippen LogP contribution in [0.25, 0.3) is 0 Å². The molecule has 3 nitrogen and oxygen atoms in total. The minimum Gasteiger partial charge on any atom is -0.205 e. The Labute approximate surface area is 71.8 Å². The molecule has 0 N–H and O–H groups in total. The molecule has 1 aromatic carbocycles. The third-order valence-corrected chi connectivity index (χ3v) is 1.68. The molecule has 4 heteroatoms. The van der Waals surface area contributed by atoms with Crippen LogP contribution in [0, 0.1) is 0 Å². The van der Waals surface area contributed by atoms with Crippen LogP contribution in [0.1, 0.15) is 5.56 Å². The van der Waals surface area contributed by atoms with E-state index >= 15 is 0 Å². The lowest BCUT2D eigenvalue weighted by atomic mass is 10.2. The number of nitrogens with zero attached hydrogens (tertiary/aromatic N) is 1. The molecule has 0 saturated carbocycles. The quantitative estimate of drug-likeness (QED) is 0.644. The summed E-state index contributed by atoms with van der Waals surface area (Å²) >= 11 is 0. The van der Waals surface area contributed by atoms with Crippen LogP contribution in [0.15, 0.2) is 34.7 Å². The van der Waals surface area contributed by atoms with Crippen molar-refractivity contribution in [3.63, 3.8) is 0 Å². The van der Waals surface area contributed by atoms with Crippen molar-refractivity contribution in [1.29, 1.82) is 0 Å². The molecule has 0 amide bonds. The Hall–Kier alpha value is -1.16. The van der Waals surface area contributed by atoms with Gasteiger partial charge in [0.2, 0.25) is 10.0 Å². The zero-order chi connectivity index (χ0) is 9.03. The first-order chi connectivity index (χ1) is 5.58. The van der Waals surface area contributed by atoms with Gasteiger partial charge < -0.3 is 0 Å². The van der Waals surface area contributed by atoms with Gasteiger partial charge in [-0.3, -0.25) is 0 Å². The number of sulfonamides is 1. The fraction of sp³-hybridized carbons (Fsp3) is 0.125. The van der Waals surface area contributed by atoms with Crippen molar-refractivity contribution in [3.8, 4) is 0 Å². The highest BCUT2D eigenvalue weighted by Gasteiger charge is 1.92. The molecule has 0 aliphatic heterocycles. The summed E-state index contributed by atoms with van der Waals surface area (Å²) in [6.07, 6.45) is 2.39. The number of hydrogen-bond donors (Lipinski definition) is 0. The second kappa shape index (κ2) is 3.49. The van der Waals surface area contributed by atoms with E-state index in [1.165, 1.54) is 6.21 Å². The molecule has 0 saturated heterocycles. The molecule has 0 aliphatic carbocycles. The van der Waals surface area contributed by atoms with Crippen molar-refractivity contribution in [2.24, 2.45) is 4.40 Å². The first kappa shape index (κ1) is 8.93. The number of benzene rings is 1. The summed E-state index contributed by atoms with van der Waals surface area (Å²) < 4.78 is 24.6. The van der Waals surface area contributed by atoms with E-state index in [1.807, 2.05) is 18.2 Å². The molecule has 0 spiro atoms. The minimum absolute atomic E-state index is 0.780. The molecule has 0 heterocycles. The molecule has 0 radical (unpaired) electrons. The van der Waals surface area contributed by atoms with Crippen molar-refractivity contribution in [2.75, 3.05) is 6.26 Å². The molecule has 0 aromatic heterocycles. The van der Waals surface area contributed by atoms with E-state index in [1.54, 1.807) is 12.1 Å². The van der Waals surface area contributed by atoms with Crippen molar-refractivity contribution >= 4 is 16.2 Å². The first-order valence-electron chi connectivity index (χ1n) is 3.38. The Morgan fingerprint density at radius 2 is 1.83 bits per heavy atom. The summed E-state index contributed by atoms with van der Waals surface area (Å²) in [6.45, 7) is 0. The van der Waals surface area contributed by atoms with Crippen LogP contribution in [-0.2, 0) is 10.0 Å². The molecule has 0 bridgehead atoms. The van der Waals surface area contributed by atoms with Gasteiger partial charge in [-0.25, -0.2) is 8.42 Å². The van der Waals surface area contributed by atoms with Crippen molar-refractivity contribution in [2.45, 2.75) is 0 Å². The van der Waals surface area contributed by atoms with Gasteiger partial charge in [-0.15, -0.1) is 0 Å². The normalized spacial score (nSPS) is 12.1. The first-order valence-corrected chi connectivity index (χ1v) is 5.23. The molecule has 0 unspecified atom stereocenters. The summed E-state index contributed by atoms with van der Waals surface area (Å²) in [5.74, 6) is 0. The number of hydrogen-bond acceptors (Lipinski definition) is 2. The molecule has 0 fully saturated rings. The fourth-order valence-corrected chi connectivity index (χ4v) is 1.01. The SMILES string of the molecule is CS(=O)(=O)N=Cc1ccccc1. The van der Waals surface area contributed by atoms with Crippen LogP contribution in [0.3, 0.4) is 0 Å². The van der Waals surface area contributed by atoms with Gasteiger partial charge in [0.25, 0.3) is 0 Å². The van der Waals surface area contributed by atoms with Gasteiger partial charge in [0.15, 0.2) is 0 Å². The van der Waals surface area contributed by atoms with E-state index in [9.17, 15) is 8.42 Å². The van der Waals surface area contributed by atoms with Crippen molar-refractivity contribution < 1.29 is 8.42 Å². The van der Waals surface area contributed by atoms with E-state index in [-0.39, 0.29) is 0 Å². The molecule has 12 heavy (non-hydrogen) atoms. The van der Waals surface area contributed by atoms with E-state index in [0.29, 0.717) is 0 Å². The van der Waals surface area contributed by atoms with Crippen LogP contribution in [0.5, 0.6) is 0 Å². The topological polar surface area (TPSA) is 46.5 Å². The Morgan fingerprint density at radius 1 is 1.25 bits per heavy atom. The lowest BCUT2D eigenvalue weighted by molar-refractivity contribution is 0.604. The van der Waals surface area contributed by atoms with Gasteiger partial charge in [0.1, 0.15) is 0 Å². The minimum atomic E-state index is -3.25. The fourth-order valence-electron chi connectivity index (χ4n) is 0.696. The van der Waals surface area contributed by atoms with Crippen LogP contribution in [-0.4, -0.2) is 20.9 Å². The predicted molar refractivity (Wildman–Crippen MR) is 48.9 cm³/mol. The van der Waals surface area contributed by atoms with Crippen LogP contribution < -0.4 is 0 Å². The van der Waals surface area contributed by atoms with E-state index in [4.69, 9.17) is 0 Å². The monoisotopic (exact) mass is 183 g/mol.